The summed E-state index contributed by atoms with van der Waals surface area (Å²) >= 11 is 6.28. The van der Waals surface area contributed by atoms with Gasteiger partial charge in [-0.25, -0.2) is 4.99 Å². The molecule has 2 aliphatic rings. The lowest BCUT2D eigenvalue weighted by Gasteiger charge is -2.15. The number of rotatable bonds is 2. The number of fused-ring (bicyclic) bond motifs is 1. The van der Waals surface area contributed by atoms with Crippen LogP contribution in [0.4, 0.5) is 5.69 Å². The Labute approximate surface area is 154 Å². The van der Waals surface area contributed by atoms with Crippen LogP contribution >= 0.6 is 39.2 Å². The van der Waals surface area contributed by atoms with Crippen LogP contribution in [-0.4, -0.2) is 26.9 Å². The molecule has 0 aliphatic carbocycles. The summed E-state index contributed by atoms with van der Waals surface area (Å²) in [5.41, 5.74) is 0.786. The van der Waals surface area contributed by atoms with E-state index >= 15 is 0 Å². The molecule has 24 heavy (non-hydrogen) atoms. The Bertz CT molecular complexity index is 996. The Morgan fingerprint density at radius 3 is 3.12 bits per heavy atom. The molecule has 2 aliphatic heterocycles. The summed E-state index contributed by atoms with van der Waals surface area (Å²) in [6.45, 7) is 0.725. The highest BCUT2D eigenvalue weighted by molar-refractivity contribution is 9.10. The van der Waals surface area contributed by atoms with E-state index in [-0.39, 0.29) is 5.91 Å². The summed E-state index contributed by atoms with van der Waals surface area (Å²) in [6, 6.07) is 7.65. The van der Waals surface area contributed by atoms with Gasteiger partial charge >= 0.3 is 0 Å². The predicted molar refractivity (Wildman–Crippen MR) is 102 cm³/mol. The van der Waals surface area contributed by atoms with Crippen LogP contribution in [0.15, 0.2) is 51.0 Å². The molecule has 1 N–H and O–H groups in total. The lowest BCUT2D eigenvalue weighted by molar-refractivity contribution is -0.115. The van der Waals surface area contributed by atoms with E-state index in [9.17, 15) is 4.79 Å². The minimum atomic E-state index is -0.131. The molecule has 0 bridgehead atoms. The highest BCUT2D eigenvalue weighted by atomic mass is 79.9. The number of carbonyl (C=O) groups is 1. The van der Waals surface area contributed by atoms with E-state index in [2.05, 4.69) is 36.7 Å². The van der Waals surface area contributed by atoms with Crippen molar-refractivity contribution < 1.29 is 4.79 Å². The molecular formula is C16H11BrN4OS2. The highest BCUT2D eigenvalue weighted by Gasteiger charge is 2.24. The van der Waals surface area contributed by atoms with Gasteiger partial charge in [0.25, 0.3) is 5.91 Å². The average Bonchev–Trinajstić information content (AvgIpc) is 3.16. The SMILES string of the molecule is O=C1NC(=Nc2ccccc2Br)S/C1=C\N1C=c2cnsc2=CC1. The van der Waals surface area contributed by atoms with Crippen molar-refractivity contribution in [2.24, 2.45) is 4.99 Å². The quantitative estimate of drug-likeness (QED) is 0.758. The van der Waals surface area contributed by atoms with Gasteiger partial charge in [0.05, 0.1) is 15.1 Å². The van der Waals surface area contributed by atoms with Crippen LogP contribution in [0.1, 0.15) is 0 Å². The Morgan fingerprint density at radius 2 is 2.25 bits per heavy atom. The second kappa shape index (κ2) is 6.54. The number of hydrogen-bond acceptors (Lipinski definition) is 6. The Hall–Kier alpha value is -1.90. The zero-order chi connectivity index (χ0) is 16.5. The maximum Gasteiger partial charge on any atom is 0.265 e. The molecule has 0 radical (unpaired) electrons. The molecule has 1 aromatic carbocycles. The zero-order valence-corrected chi connectivity index (χ0v) is 15.5. The normalized spacial score (nSPS) is 19.9. The van der Waals surface area contributed by atoms with Gasteiger partial charge in [0.15, 0.2) is 5.17 Å². The third-order valence-electron chi connectivity index (χ3n) is 3.43. The van der Waals surface area contributed by atoms with E-state index in [4.69, 9.17) is 0 Å². The fraction of sp³-hybridized carbons (Fsp3) is 0.0625. The van der Waals surface area contributed by atoms with Gasteiger partial charge in [-0.3, -0.25) is 4.79 Å². The minimum Gasteiger partial charge on any atom is -0.348 e. The smallest absolute Gasteiger partial charge is 0.265 e. The lowest BCUT2D eigenvalue weighted by atomic mass is 10.3. The van der Waals surface area contributed by atoms with Gasteiger partial charge in [-0.15, -0.1) is 0 Å². The van der Waals surface area contributed by atoms with Gasteiger partial charge in [0, 0.05) is 34.8 Å². The Balaban J connectivity index is 1.58. The fourth-order valence-electron chi connectivity index (χ4n) is 2.29. The van der Waals surface area contributed by atoms with E-state index in [0.29, 0.717) is 10.1 Å². The lowest BCUT2D eigenvalue weighted by Crippen LogP contribution is -2.29. The van der Waals surface area contributed by atoms with E-state index in [1.165, 1.54) is 27.8 Å². The number of amidine groups is 1. The molecule has 8 heteroatoms. The molecule has 3 heterocycles. The maximum atomic E-state index is 12.2. The number of halogens is 1. The van der Waals surface area contributed by atoms with Crippen LogP contribution in [0, 0.1) is 0 Å². The number of aromatic nitrogens is 1. The van der Waals surface area contributed by atoms with Crippen LogP contribution in [0.25, 0.3) is 12.3 Å². The van der Waals surface area contributed by atoms with Gasteiger partial charge in [-0.1, -0.05) is 12.1 Å². The van der Waals surface area contributed by atoms with Crippen molar-refractivity contribution in [3.63, 3.8) is 0 Å². The topological polar surface area (TPSA) is 57.6 Å². The van der Waals surface area contributed by atoms with Gasteiger partial charge < -0.3 is 10.2 Å². The highest BCUT2D eigenvalue weighted by Crippen LogP contribution is 2.30. The van der Waals surface area contributed by atoms with Gasteiger partial charge in [-0.2, -0.15) is 4.37 Å². The number of nitrogens with one attached hydrogen (secondary N) is 1. The van der Waals surface area contributed by atoms with Crippen LogP contribution in [0.2, 0.25) is 0 Å². The number of aliphatic imine (C=N–C) groups is 1. The van der Waals surface area contributed by atoms with Crippen LogP contribution < -0.4 is 15.1 Å². The first-order chi connectivity index (χ1) is 11.7. The molecule has 1 saturated heterocycles. The average molecular weight is 419 g/mol. The van der Waals surface area contributed by atoms with Crippen molar-refractivity contribution in [1.82, 2.24) is 14.6 Å². The van der Waals surface area contributed by atoms with E-state index in [1.807, 2.05) is 47.8 Å². The van der Waals surface area contributed by atoms with E-state index in [1.54, 1.807) is 0 Å². The van der Waals surface area contributed by atoms with Crippen molar-refractivity contribution in [3.05, 3.63) is 55.8 Å². The molecule has 4 rings (SSSR count). The third-order valence-corrected chi connectivity index (χ3v) is 5.81. The van der Waals surface area contributed by atoms with Crippen molar-refractivity contribution in [1.29, 1.82) is 0 Å². The summed E-state index contributed by atoms with van der Waals surface area (Å²) in [7, 11) is 0. The van der Waals surface area contributed by atoms with Crippen LogP contribution in [0.5, 0.6) is 0 Å². The first-order valence-corrected chi connectivity index (χ1v) is 9.50. The van der Waals surface area contributed by atoms with E-state index < -0.39 is 0 Å². The van der Waals surface area contributed by atoms with Crippen molar-refractivity contribution >= 4 is 68.3 Å². The number of amides is 1. The Kier molecular flexibility index (Phi) is 4.26. The molecule has 5 nitrogen and oxygen atoms in total. The van der Waals surface area contributed by atoms with E-state index in [0.717, 1.165) is 21.9 Å². The van der Waals surface area contributed by atoms with Gasteiger partial charge in [-0.05, 0) is 57.4 Å². The summed E-state index contributed by atoms with van der Waals surface area (Å²) in [6.07, 6.45) is 7.79. The minimum absolute atomic E-state index is 0.131. The molecule has 0 unspecified atom stereocenters. The molecule has 0 atom stereocenters. The molecule has 0 saturated carbocycles. The monoisotopic (exact) mass is 418 g/mol. The van der Waals surface area contributed by atoms with Crippen molar-refractivity contribution in [3.8, 4) is 0 Å². The zero-order valence-electron chi connectivity index (χ0n) is 12.3. The molecule has 1 aromatic heterocycles. The van der Waals surface area contributed by atoms with Gasteiger partial charge in [0.1, 0.15) is 0 Å². The summed E-state index contributed by atoms with van der Waals surface area (Å²) < 4.78 is 6.24. The van der Waals surface area contributed by atoms with Crippen LogP contribution in [-0.2, 0) is 4.79 Å². The molecular weight excluding hydrogens is 408 g/mol. The number of carbonyl (C=O) groups excluding carboxylic acids is 1. The summed E-state index contributed by atoms with van der Waals surface area (Å²) in [5.74, 6) is -0.131. The standard InChI is InChI=1S/C16H11BrN4OS2/c17-11-3-1-2-4-12(11)19-16-20-15(22)14(23-16)9-21-6-5-13-10(8-21)7-18-24-13/h1-5,7-9H,6H2,(H,19,20,22)/b14-9-. The molecule has 2 aromatic rings. The third kappa shape index (κ3) is 3.17. The molecule has 120 valence electrons. The van der Waals surface area contributed by atoms with Crippen molar-refractivity contribution in [2.45, 2.75) is 0 Å². The number of para-hydroxylation sites is 1. The number of nitrogens with zero attached hydrogens (tertiary/aromatic N) is 3. The predicted octanol–water partition coefficient (Wildman–Crippen LogP) is 2.13. The molecule has 1 fully saturated rings. The number of benzene rings is 1. The molecule has 0 spiro atoms. The first-order valence-electron chi connectivity index (χ1n) is 7.12. The second-order valence-corrected chi connectivity index (χ2v) is 7.81. The first kappa shape index (κ1) is 15.6. The largest absolute Gasteiger partial charge is 0.348 e. The van der Waals surface area contributed by atoms with Gasteiger partial charge in [0.2, 0.25) is 0 Å². The number of hydrogen-bond donors (Lipinski definition) is 1. The Morgan fingerprint density at radius 1 is 1.38 bits per heavy atom. The fourth-order valence-corrected chi connectivity index (χ4v) is 4.13. The number of thioether (sulfide) groups is 1. The van der Waals surface area contributed by atoms with Crippen LogP contribution in [0.3, 0.4) is 0 Å². The second-order valence-electron chi connectivity index (χ2n) is 5.09. The summed E-state index contributed by atoms with van der Waals surface area (Å²) in [5, 5.41) is 4.47. The summed E-state index contributed by atoms with van der Waals surface area (Å²) in [4.78, 5) is 19.3. The van der Waals surface area contributed by atoms with Crippen molar-refractivity contribution in [2.75, 3.05) is 6.54 Å². The molecule has 1 amide bonds. The maximum absolute atomic E-state index is 12.2.